The monoisotopic (exact) mass is 224 g/mol. The van der Waals surface area contributed by atoms with Crippen LogP contribution in [0.4, 0.5) is 0 Å². The lowest BCUT2D eigenvalue weighted by molar-refractivity contribution is 0.415. The van der Waals surface area contributed by atoms with Crippen molar-refractivity contribution in [3.8, 4) is 5.75 Å². The van der Waals surface area contributed by atoms with Crippen molar-refractivity contribution in [1.29, 1.82) is 0 Å². The van der Waals surface area contributed by atoms with E-state index in [9.17, 15) is 0 Å². The van der Waals surface area contributed by atoms with Gasteiger partial charge in [-0.05, 0) is 23.6 Å². The highest BCUT2D eigenvalue weighted by Crippen LogP contribution is 2.18. The molecule has 1 nitrogen and oxygen atoms in total. The molecule has 1 aromatic carbocycles. The number of allylic oxidation sites excluding steroid dienone is 1. The molecule has 0 unspecified atom stereocenters. The second-order valence-corrected chi connectivity index (χ2v) is 4.05. The van der Waals surface area contributed by atoms with Crippen LogP contribution in [-0.4, -0.2) is 13.0 Å². The fraction of sp³-hybridized carbons (Fsp3) is 0.385. The Labute approximate surface area is 96.7 Å². The minimum Gasteiger partial charge on any atom is -0.497 e. The molecule has 1 rings (SSSR count). The SMILES string of the molecule is COc1ccc(C=C(CCl)C(C)C)cc1. The lowest BCUT2D eigenvalue weighted by atomic mass is 10.0. The highest BCUT2D eigenvalue weighted by Gasteiger charge is 2.01. The second-order valence-electron chi connectivity index (χ2n) is 3.78. The summed E-state index contributed by atoms with van der Waals surface area (Å²) in [4.78, 5) is 0. The van der Waals surface area contributed by atoms with Crippen LogP contribution in [0.5, 0.6) is 5.75 Å². The van der Waals surface area contributed by atoms with Gasteiger partial charge < -0.3 is 4.74 Å². The van der Waals surface area contributed by atoms with Crippen LogP contribution >= 0.6 is 11.6 Å². The number of ether oxygens (including phenoxy) is 1. The molecule has 2 heteroatoms. The first kappa shape index (κ1) is 12.1. The number of benzene rings is 1. The molecule has 0 bridgehead atoms. The molecule has 0 spiro atoms. The fourth-order valence-electron chi connectivity index (χ4n) is 1.27. The lowest BCUT2D eigenvalue weighted by Gasteiger charge is -2.07. The Morgan fingerprint density at radius 3 is 2.33 bits per heavy atom. The van der Waals surface area contributed by atoms with Crippen molar-refractivity contribution < 1.29 is 4.74 Å². The van der Waals surface area contributed by atoms with Crippen molar-refractivity contribution in [2.24, 2.45) is 5.92 Å². The van der Waals surface area contributed by atoms with Gasteiger partial charge in [0.15, 0.2) is 0 Å². The largest absolute Gasteiger partial charge is 0.497 e. The van der Waals surface area contributed by atoms with Crippen molar-refractivity contribution in [3.05, 3.63) is 35.4 Å². The molecule has 0 amide bonds. The number of halogens is 1. The molecular formula is C13H17ClO. The van der Waals surface area contributed by atoms with E-state index in [0.717, 1.165) is 5.75 Å². The van der Waals surface area contributed by atoms with Crippen molar-refractivity contribution in [2.75, 3.05) is 13.0 Å². The molecule has 1 aromatic rings. The van der Waals surface area contributed by atoms with E-state index < -0.39 is 0 Å². The van der Waals surface area contributed by atoms with Gasteiger partial charge in [-0.25, -0.2) is 0 Å². The Balaban J connectivity index is 2.87. The smallest absolute Gasteiger partial charge is 0.118 e. The third-order valence-corrected chi connectivity index (χ3v) is 2.67. The zero-order chi connectivity index (χ0) is 11.3. The van der Waals surface area contributed by atoms with Gasteiger partial charge in [0.05, 0.1) is 7.11 Å². The van der Waals surface area contributed by atoms with Gasteiger partial charge in [0.25, 0.3) is 0 Å². The third-order valence-electron chi connectivity index (χ3n) is 2.36. The first-order valence-electron chi connectivity index (χ1n) is 5.08. The summed E-state index contributed by atoms with van der Waals surface area (Å²) in [7, 11) is 1.67. The van der Waals surface area contributed by atoms with E-state index in [1.54, 1.807) is 7.11 Å². The molecular weight excluding hydrogens is 208 g/mol. The van der Waals surface area contributed by atoms with Gasteiger partial charge in [0, 0.05) is 5.88 Å². The molecule has 0 radical (unpaired) electrons. The molecule has 0 atom stereocenters. The van der Waals surface area contributed by atoms with Crippen LogP contribution < -0.4 is 4.74 Å². The second kappa shape index (κ2) is 5.82. The standard InChI is InChI=1S/C13H17ClO/c1-10(2)12(9-14)8-11-4-6-13(15-3)7-5-11/h4-8,10H,9H2,1-3H3. The average Bonchev–Trinajstić information content (AvgIpc) is 2.26. The summed E-state index contributed by atoms with van der Waals surface area (Å²) in [5.41, 5.74) is 2.42. The van der Waals surface area contributed by atoms with Gasteiger partial charge in [-0.1, -0.05) is 37.6 Å². The quantitative estimate of drug-likeness (QED) is 0.704. The van der Waals surface area contributed by atoms with Crippen LogP contribution in [0, 0.1) is 5.92 Å². The maximum Gasteiger partial charge on any atom is 0.118 e. The van der Waals surface area contributed by atoms with E-state index in [4.69, 9.17) is 16.3 Å². The van der Waals surface area contributed by atoms with E-state index >= 15 is 0 Å². The van der Waals surface area contributed by atoms with E-state index in [2.05, 4.69) is 19.9 Å². The van der Waals surface area contributed by atoms with Gasteiger partial charge in [0.1, 0.15) is 5.75 Å². The Kier molecular flexibility index (Phi) is 4.70. The molecule has 0 N–H and O–H groups in total. The predicted molar refractivity (Wildman–Crippen MR) is 66.5 cm³/mol. The summed E-state index contributed by atoms with van der Waals surface area (Å²) in [6.45, 7) is 4.30. The zero-order valence-corrected chi connectivity index (χ0v) is 10.2. The van der Waals surface area contributed by atoms with Gasteiger partial charge in [-0.3, -0.25) is 0 Å². The maximum absolute atomic E-state index is 5.88. The summed E-state index contributed by atoms with van der Waals surface area (Å²) in [5.74, 6) is 1.96. The number of alkyl halides is 1. The van der Waals surface area contributed by atoms with Crippen molar-refractivity contribution >= 4 is 17.7 Å². The summed E-state index contributed by atoms with van der Waals surface area (Å²) >= 11 is 5.88. The summed E-state index contributed by atoms with van der Waals surface area (Å²) in [6, 6.07) is 7.98. The molecule has 0 saturated carbocycles. The number of rotatable bonds is 4. The van der Waals surface area contributed by atoms with E-state index in [1.165, 1.54) is 11.1 Å². The number of hydrogen-bond acceptors (Lipinski definition) is 1. The molecule has 0 aliphatic heterocycles. The van der Waals surface area contributed by atoms with Crippen molar-refractivity contribution in [3.63, 3.8) is 0 Å². The van der Waals surface area contributed by atoms with Crippen LogP contribution in [0.1, 0.15) is 19.4 Å². The molecule has 82 valence electrons. The molecule has 0 aromatic heterocycles. The normalized spacial score (nSPS) is 11.9. The van der Waals surface area contributed by atoms with Gasteiger partial charge in [-0.2, -0.15) is 0 Å². The highest BCUT2D eigenvalue weighted by molar-refractivity contribution is 6.19. The Morgan fingerprint density at radius 1 is 1.33 bits per heavy atom. The number of hydrogen-bond donors (Lipinski definition) is 0. The van der Waals surface area contributed by atoms with Gasteiger partial charge in [-0.15, -0.1) is 11.6 Å². The van der Waals surface area contributed by atoms with E-state index in [0.29, 0.717) is 11.8 Å². The fourth-order valence-corrected chi connectivity index (χ4v) is 1.66. The van der Waals surface area contributed by atoms with Gasteiger partial charge >= 0.3 is 0 Å². The summed E-state index contributed by atoms with van der Waals surface area (Å²) < 4.78 is 5.10. The highest BCUT2D eigenvalue weighted by atomic mass is 35.5. The first-order chi connectivity index (χ1) is 7.17. The topological polar surface area (TPSA) is 9.23 Å². The van der Waals surface area contributed by atoms with Crippen LogP contribution in [0.15, 0.2) is 29.8 Å². The first-order valence-corrected chi connectivity index (χ1v) is 5.61. The molecule has 0 saturated heterocycles. The van der Waals surface area contributed by atoms with Crippen LogP contribution in [0.25, 0.3) is 6.08 Å². The zero-order valence-electron chi connectivity index (χ0n) is 9.46. The minimum absolute atomic E-state index is 0.490. The molecule has 0 fully saturated rings. The van der Waals surface area contributed by atoms with Crippen LogP contribution in [0.2, 0.25) is 0 Å². The van der Waals surface area contributed by atoms with E-state index in [-0.39, 0.29) is 0 Å². The average molecular weight is 225 g/mol. The van der Waals surface area contributed by atoms with Crippen molar-refractivity contribution in [2.45, 2.75) is 13.8 Å². The van der Waals surface area contributed by atoms with Crippen LogP contribution in [0.3, 0.4) is 0 Å². The molecule has 0 aliphatic rings. The van der Waals surface area contributed by atoms with Crippen LogP contribution in [-0.2, 0) is 0 Å². The van der Waals surface area contributed by atoms with Crippen molar-refractivity contribution in [1.82, 2.24) is 0 Å². The summed E-state index contributed by atoms with van der Waals surface area (Å²) in [5, 5.41) is 0. The minimum atomic E-state index is 0.490. The Hall–Kier alpha value is -0.950. The Bertz CT molecular complexity index is 325. The molecule has 0 heterocycles. The molecule has 0 aliphatic carbocycles. The Morgan fingerprint density at radius 2 is 1.93 bits per heavy atom. The number of methoxy groups -OCH3 is 1. The van der Waals surface area contributed by atoms with Gasteiger partial charge in [0.2, 0.25) is 0 Å². The third kappa shape index (κ3) is 3.60. The lowest BCUT2D eigenvalue weighted by Crippen LogP contribution is -1.95. The molecule has 15 heavy (non-hydrogen) atoms. The maximum atomic E-state index is 5.88. The predicted octanol–water partition coefficient (Wildman–Crippen LogP) is 3.97. The summed E-state index contributed by atoms with van der Waals surface area (Å²) in [6.07, 6.45) is 2.14. The van der Waals surface area contributed by atoms with E-state index in [1.807, 2.05) is 24.3 Å².